The Kier molecular flexibility index (Phi) is 9.42. The highest BCUT2D eigenvalue weighted by atomic mass is 35.5. The predicted molar refractivity (Wildman–Crippen MR) is 147 cm³/mol. The Morgan fingerprint density at radius 2 is 2.00 bits per heavy atom. The van der Waals surface area contributed by atoms with Gasteiger partial charge < -0.3 is 14.8 Å². The molecule has 9 nitrogen and oxygen atoms in total. The largest absolute Gasteiger partial charge is 0.497 e. The number of ketones is 1. The molecule has 0 spiro atoms. The number of hydrogen-bond acceptors (Lipinski definition) is 7. The zero-order valence-electron chi connectivity index (χ0n) is 20.6. The monoisotopic (exact) mass is 559 g/mol. The van der Waals surface area contributed by atoms with Crippen LogP contribution in [0.4, 0.5) is 36.7 Å². The van der Waals surface area contributed by atoms with E-state index in [2.05, 4.69) is 21.9 Å². The summed E-state index contributed by atoms with van der Waals surface area (Å²) in [6, 6.07) is 9.35. The van der Waals surface area contributed by atoms with E-state index in [1.807, 2.05) is 0 Å². The average Bonchev–Trinajstić information content (AvgIpc) is 2.91. The summed E-state index contributed by atoms with van der Waals surface area (Å²) in [5.41, 5.74) is 1.87. The summed E-state index contributed by atoms with van der Waals surface area (Å²) in [7, 11) is 2.85. The van der Waals surface area contributed by atoms with Gasteiger partial charge in [-0.15, -0.1) is 0 Å². The normalized spacial score (nSPS) is 12.5. The predicted octanol–water partition coefficient (Wildman–Crippen LogP) is 6.04. The van der Waals surface area contributed by atoms with Crippen LogP contribution in [0.3, 0.4) is 0 Å². The van der Waals surface area contributed by atoms with Crippen LogP contribution >= 0.6 is 11.6 Å². The minimum absolute atomic E-state index is 0. The van der Waals surface area contributed by atoms with Crippen LogP contribution in [-0.2, 0) is 17.8 Å². The van der Waals surface area contributed by atoms with E-state index in [1.54, 1.807) is 30.3 Å². The maximum absolute atomic E-state index is 13.6. The van der Waals surface area contributed by atoms with Gasteiger partial charge in [0.15, 0.2) is 5.78 Å². The zero-order chi connectivity index (χ0) is 27.4. The van der Waals surface area contributed by atoms with Gasteiger partial charge in [-0.2, -0.15) is 4.98 Å². The van der Waals surface area contributed by atoms with Crippen molar-refractivity contribution in [2.24, 2.45) is 0 Å². The van der Waals surface area contributed by atoms with Crippen LogP contribution in [0, 0.1) is 0 Å². The number of urea groups is 1. The summed E-state index contributed by atoms with van der Waals surface area (Å²) < 4.78 is 37.8. The topological polar surface area (TPSA) is 96.9 Å². The molecule has 1 aliphatic rings. The molecule has 0 saturated carbocycles. The first kappa shape index (κ1) is 29.3. The summed E-state index contributed by atoms with van der Waals surface area (Å²) in [5, 5.41) is 3.14. The van der Waals surface area contributed by atoms with E-state index in [-0.39, 0.29) is 54.4 Å². The minimum Gasteiger partial charge on any atom is -0.497 e. The van der Waals surface area contributed by atoms with Gasteiger partial charge in [-0.3, -0.25) is 14.6 Å². The van der Waals surface area contributed by atoms with Crippen molar-refractivity contribution in [2.45, 2.75) is 26.8 Å². The van der Waals surface area contributed by atoms with Crippen LogP contribution < -0.4 is 24.6 Å². The van der Waals surface area contributed by atoms with Gasteiger partial charge in [-0.1, -0.05) is 43.8 Å². The molecule has 0 saturated heterocycles. The van der Waals surface area contributed by atoms with E-state index in [0.29, 0.717) is 22.6 Å². The van der Waals surface area contributed by atoms with Crippen molar-refractivity contribution in [3.05, 3.63) is 71.4 Å². The number of benzene rings is 2. The second kappa shape index (κ2) is 12.5. The number of ether oxygens (including phenoxy) is 2. The quantitative estimate of drug-likeness (QED) is 0.303. The van der Waals surface area contributed by atoms with E-state index >= 15 is 0 Å². The molecule has 1 N–H and O–H groups in total. The van der Waals surface area contributed by atoms with E-state index in [1.165, 1.54) is 37.5 Å². The van der Waals surface area contributed by atoms with Crippen molar-refractivity contribution in [2.75, 3.05) is 35.9 Å². The Morgan fingerprint density at radius 3 is 2.67 bits per heavy atom. The number of rotatable bonds is 10. The number of methoxy groups -OCH3 is 2. The Bertz CT molecular complexity index is 1390. The molecule has 12 heteroatoms. The van der Waals surface area contributed by atoms with Gasteiger partial charge in [0.2, 0.25) is 5.95 Å². The summed E-state index contributed by atoms with van der Waals surface area (Å²) in [5.74, 6) is 0.555. The number of alkyl halides is 2. The highest BCUT2D eigenvalue weighted by molar-refractivity contribution is 6.35. The first-order chi connectivity index (χ1) is 18.2. The molecule has 1 aromatic heterocycles. The molecule has 2 heterocycles. The molecular formula is C27H28ClF2N5O4. The van der Waals surface area contributed by atoms with Gasteiger partial charge in [-0.05, 0) is 17.7 Å². The fourth-order valence-electron chi connectivity index (χ4n) is 3.97. The van der Waals surface area contributed by atoms with E-state index in [9.17, 15) is 18.4 Å². The summed E-state index contributed by atoms with van der Waals surface area (Å²) in [6.07, 6.45) is -0.0478. The summed E-state index contributed by atoms with van der Waals surface area (Å²) >= 11 is 6.48. The van der Waals surface area contributed by atoms with E-state index < -0.39 is 19.0 Å². The van der Waals surface area contributed by atoms with Crippen molar-refractivity contribution in [1.29, 1.82) is 0 Å². The number of anilines is 4. The third-order valence-corrected chi connectivity index (χ3v) is 6.18. The molecule has 4 rings (SSSR count). The fourth-order valence-corrected chi connectivity index (χ4v) is 4.25. The third kappa shape index (κ3) is 6.26. The maximum atomic E-state index is 13.6. The molecule has 0 bridgehead atoms. The molecule has 0 fully saturated rings. The lowest BCUT2D eigenvalue weighted by Crippen LogP contribution is -2.49. The highest BCUT2D eigenvalue weighted by Gasteiger charge is 2.36. The minimum atomic E-state index is -2.83. The Morgan fingerprint density at radius 1 is 1.26 bits per heavy atom. The smallest absolute Gasteiger partial charge is 0.330 e. The Hall–Kier alpha value is -4.25. The molecule has 39 heavy (non-hydrogen) atoms. The number of nitrogens with one attached hydrogen (secondary N) is 1. The molecule has 0 unspecified atom stereocenters. The molecule has 0 atom stereocenters. The number of aromatic nitrogens is 2. The van der Waals surface area contributed by atoms with Crippen LogP contribution in [0.5, 0.6) is 11.5 Å². The van der Waals surface area contributed by atoms with Gasteiger partial charge >= 0.3 is 6.03 Å². The number of amides is 2. The van der Waals surface area contributed by atoms with Gasteiger partial charge in [0.1, 0.15) is 22.3 Å². The van der Waals surface area contributed by atoms with Crippen LogP contribution in [0.25, 0.3) is 0 Å². The molecule has 2 aromatic carbocycles. The molecule has 0 radical (unpaired) electrons. The molecule has 1 aliphatic heterocycles. The van der Waals surface area contributed by atoms with Crippen LogP contribution in [0.1, 0.15) is 18.6 Å². The molecule has 2 amide bonds. The number of carbonyl (C=O) groups is 2. The number of hydrogen-bond donors (Lipinski definition) is 1. The Balaban J connectivity index is 0.00000420. The summed E-state index contributed by atoms with van der Waals surface area (Å²) in [4.78, 5) is 36.2. The lowest BCUT2D eigenvalue weighted by molar-refractivity contribution is -0.114. The van der Waals surface area contributed by atoms with Gasteiger partial charge in [0.25, 0.3) is 6.43 Å². The standard InChI is InChI=1S/C26H24ClF2N5O4.CH4/c1-4-17(35)9-15-7-5-6-8-19(15)31-25-30-12-16-13-33(26(36)34(14-22(28)29)24(16)32-25)20-10-18(37-2)11-21(38-3)23(20)27;/h4-8,10-12,22H,1,9,13-14H2,2-3H3,(H,30,31,32);1H4. The number of fused-ring (bicyclic) bond motifs is 1. The number of nitrogens with zero attached hydrogens (tertiary/aromatic N) is 4. The van der Waals surface area contributed by atoms with Gasteiger partial charge in [-0.25, -0.2) is 18.6 Å². The van der Waals surface area contributed by atoms with Crippen molar-refractivity contribution in [3.63, 3.8) is 0 Å². The van der Waals surface area contributed by atoms with E-state index in [0.717, 1.165) is 4.90 Å². The molecule has 0 aliphatic carbocycles. The van der Waals surface area contributed by atoms with Crippen molar-refractivity contribution in [1.82, 2.24) is 9.97 Å². The Labute approximate surface area is 230 Å². The van der Waals surface area contributed by atoms with Crippen LogP contribution in [0.2, 0.25) is 5.02 Å². The number of halogens is 3. The zero-order valence-corrected chi connectivity index (χ0v) is 21.3. The fraction of sp³-hybridized carbons (Fsp3) is 0.259. The van der Waals surface area contributed by atoms with Crippen molar-refractivity contribution in [3.8, 4) is 11.5 Å². The van der Waals surface area contributed by atoms with Crippen LogP contribution in [0.15, 0.2) is 55.3 Å². The molecule has 206 valence electrons. The lowest BCUT2D eigenvalue weighted by atomic mass is 10.1. The van der Waals surface area contributed by atoms with E-state index in [4.69, 9.17) is 21.1 Å². The van der Waals surface area contributed by atoms with Gasteiger partial charge in [0.05, 0.1) is 33.0 Å². The lowest BCUT2D eigenvalue weighted by Gasteiger charge is -2.36. The number of carbonyl (C=O) groups excluding carboxylic acids is 2. The molecule has 3 aromatic rings. The highest BCUT2D eigenvalue weighted by Crippen LogP contribution is 2.42. The van der Waals surface area contributed by atoms with Gasteiger partial charge in [0, 0.05) is 36.0 Å². The maximum Gasteiger partial charge on any atom is 0.330 e. The number of allylic oxidation sites excluding steroid dienone is 1. The van der Waals surface area contributed by atoms with Crippen molar-refractivity contribution < 1.29 is 27.8 Å². The average molecular weight is 560 g/mol. The SMILES string of the molecule is C.C=CC(=O)Cc1ccccc1Nc1ncc2c(n1)N(CC(F)F)C(=O)N(c1cc(OC)cc(OC)c1Cl)C2. The van der Waals surface area contributed by atoms with Crippen LogP contribution in [-0.4, -0.2) is 49.0 Å². The molecular weight excluding hydrogens is 532 g/mol. The number of para-hydroxylation sites is 1. The third-order valence-electron chi connectivity index (χ3n) is 5.80. The second-order valence-electron chi connectivity index (χ2n) is 8.20. The second-order valence-corrected chi connectivity index (χ2v) is 8.58. The first-order valence-electron chi connectivity index (χ1n) is 11.4. The van der Waals surface area contributed by atoms with Crippen molar-refractivity contribution >= 4 is 46.6 Å². The summed E-state index contributed by atoms with van der Waals surface area (Å²) in [6.45, 7) is 2.56. The first-order valence-corrected chi connectivity index (χ1v) is 11.8.